The Bertz CT molecular complexity index is 1290. The first-order valence-electron chi connectivity index (χ1n) is 8.69. The molecule has 0 saturated carbocycles. The molecule has 2 aromatic carbocycles. The van der Waals surface area contributed by atoms with E-state index in [2.05, 4.69) is 9.97 Å². The van der Waals surface area contributed by atoms with E-state index in [4.69, 9.17) is 4.74 Å². The lowest BCUT2D eigenvalue weighted by Crippen LogP contribution is -2.37. The SMILES string of the molecule is COc1nc2c(nc1-c1ccc(-c3ccccc3)cc1)c(=O)n(C)c(=O)n2C. The van der Waals surface area contributed by atoms with E-state index in [1.807, 2.05) is 54.6 Å². The number of nitrogens with zero attached hydrogens (tertiary/aromatic N) is 4. The molecule has 0 amide bonds. The summed E-state index contributed by atoms with van der Waals surface area (Å²) in [5.41, 5.74) is 2.74. The Hall–Kier alpha value is -3.74. The molecule has 0 aliphatic carbocycles. The second kappa shape index (κ2) is 6.77. The van der Waals surface area contributed by atoms with Crippen LogP contribution in [0.15, 0.2) is 64.2 Å². The first-order chi connectivity index (χ1) is 13.5. The number of fused-ring (bicyclic) bond motifs is 1. The van der Waals surface area contributed by atoms with Gasteiger partial charge >= 0.3 is 5.69 Å². The van der Waals surface area contributed by atoms with Gasteiger partial charge in [-0.15, -0.1) is 0 Å². The van der Waals surface area contributed by atoms with E-state index in [0.29, 0.717) is 5.69 Å². The molecule has 0 fully saturated rings. The Balaban J connectivity index is 1.91. The second-order valence-electron chi connectivity index (χ2n) is 6.40. The predicted octanol–water partition coefficient (Wildman–Crippen LogP) is 2.37. The van der Waals surface area contributed by atoms with Crippen LogP contribution < -0.4 is 16.0 Å². The molecule has 0 N–H and O–H groups in total. The summed E-state index contributed by atoms with van der Waals surface area (Å²) >= 11 is 0. The fraction of sp³-hybridized carbons (Fsp3) is 0.143. The molecule has 0 aliphatic heterocycles. The van der Waals surface area contributed by atoms with E-state index in [1.165, 1.54) is 18.7 Å². The molecule has 0 radical (unpaired) electrons. The molecule has 4 rings (SSSR count). The minimum absolute atomic E-state index is 0.118. The molecule has 0 unspecified atom stereocenters. The van der Waals surface area contributed by atoms with E-state index in [-0.39, 0.29) is 17.0 Å². The standard InChI is InChI=1S/C21H18N4O3/c1-24-18-17(20(26)25(2)21(24)27)22-16(19(23-18)28-3)15-11-9-14(10-12-15)13-7-5-4-6-8-13/h4-12H,1-3H3. The van der Waals surface area contributed by atoms with Crippen LogP contribution in [-0.2, 0) is 14.1 Å². The van der Waals surface area contributed by atoms with Crippen molar-refractivity contribution in [1.29, 1.82) is 0 Å². The maximum Gasteiger partial charge on any atom is 0.332 e. The van der Waals surface area contributed by atoms with Gasteiger partial charge in [0.15, 0.2) is 11.2 Å². The zero-order valence-corrected chi connectivity index (χ0v) is 15.7. The van der Waals surface area contributed by atoms with Gasteiger partial charge in [-0.1, -0.05) is 54.6 Å². The van der Waals surface area contributed by atoms with Crippen LogP contribution in [0.1, 0.15) is 0 Å². The number of methoxy groups -OCH3 is 1. The van der Waals surface area contributed by atoms with Crippen molar-refractivity contribution in [1.82, 2.24) is 19.1 Å². The smallest absolute Gasteiger partial charge is 0.332 e. The van der Waals surface area contributed by atoms with Crippen LogP contribution in [0.5, 0.6) is 5.88 Å². The van der Waals surface area contributed by atoms with Crippen LogP contribution >= 0.6 is 0 Å². The third kappa shape index (κ3) is 2.77. The normalized spacial score (nSPS) is 11.0. The summed E-state index contributed by atoms with van der Waals surface area (Å²) in [4.78, 5) is 33.6. The zero-order valence-electron chi connectivity index (χ0n) is 15.7. The lowest BCUT2D eigenvalue weighted by Gasteiger charge is -2.11. The number of benzene rings is 2. The van der Waals surface area contributed by atoms with Gasteiger partial charge < -0.3 is 4.74 Å². The highest BCUT2D eigenvalue weighted by atomic mass is 16.5. The summed E-state index contributed by atoms with van der Waals surface area (Å²) in [6, 6.07) is 17.8. The van der Waals surface area contributed by atoms with Gasteiger partial charge in [-0.3, -0.25) is 13.9 Å². The van der Waals surface area contributed by atoms with Crippen LogP contribution in [0.25, 0.3) is 33.5 Å². The van der Waals surface area contributed by atoms with Gasteiger partial charge in [0.1, 0.15) is 5.69 Å². The number of hydrogen-bond acceptors (Lipinski definition) is 5. The van der Waals surface area contributed by atoms with E-state index in [0.717, 1.165) is 21.3 Å². The summed E-state index contributed by atoms with van der Waals surface area (Å²) < 4.78 is 7.70. The van der Waals surface area contributed by atoms with E-state index in [9.17, 15) is 9.59 Å². The van der Waals surface area contributed by atoms with Crippen LogP contribution in [0.2, 0.25) is 0 Å². The zero-order chi connectivity index (χ0) is 19.8. The molecular weight excluding hydrogens is 356 g/mol. The average Bonchev–Trinajstić information content (AvgIpc) is 2.76. The molecular formula is C21H18N4O3. The van der Waals surface area contributed by atoms with E-state index < -0.39 is 11.2 Å². The van der Waals surface area contributed by atoms with E-state index >= 15 is 0 Å². The monoisotopic (exact) mass is 374 g/mol. The van der Waals surface area contributed by atoms with Crippen molar-refractivity contribution in [2.24, 2.45) is 14.1 Å². The Labute approximate surface area is 160 Å². The highest BCUT2D eigenvalue weighted by Crippen LogP contribution is 2.29. The van der Waals surface area contributed by atoms with Gasteiger partial charge in [0, 0.05) is 19.7 Å². The number of rotatable bonds is 3. The van der Waals surface area contributed by atoms with Gasteiger partial charge in [0.05, 0.1) is 7.11 Å². The summed E-state index contributed by atoms with van der Waals surface area (Å²) in [6.45, 7) is 0. The highest BCUT2D eigenvalue weighted by molar-refractivity contribution is 5.77. The fourth-order valence-electron chi connectivity index (χ4n) is 3.13. The van der Waals surface area contributed by atoms with Crippen molar-refractivity contribution in [3.8, 4) is 28.3 Å². The minimum Gasteiger partial charge on any atom is -0.479 e. The van der Waals surface area contributed by atoms with Crippen molar-refractivity contribution in [2.75, 3.05) is 7.11 Å². The van der Waals surface area contributed by atoms with Crippen LogP contribution in [0, 0.1) is 0 Å². The summed E-state index contributed by atoms with van der Waals surface area (Å²) in [5, 5.41) is 0. The van der Waals surface area contributed by atoms with Gasteiger partial charge in [-0.05, 0) is 11.1 Å². The molecule has 0 bridgehead atoms. The number of aryl methyl sites for hydroxylation is 1. The maximum atomic E-state index is 12.5. The third-order valence-corrected chi connectivity index (χ3v) is 4.70. The molecule has 2 aromatic heterocycles. The molecule has 2 heterocycles. The molecule has 7 heteroatoms. The van der Waals surface area contributed by atoms with Gasteiger partial charge in [-0.25, -0.2) is 9.78 Å². The number of ether oxygens (including phenoxy) is 1. The minimum atomic E-state index is -0.490. The van der Waals surface area contributed by atoms with Crippen molar-refractivity contribution < 1.29 is 4.74 Å². The van der Waals surface area contributed by atoms with Crippen molar-refractivity contribution >= 4 is 11.2 Å². The van der Waals surface area contributed by atoms with Crippen molar-refractivity contribution in [3.05, 3.63) is 75.4 Å². The van der Waals surface area contributed by atoms with Gasteiger partial charge in [0.25, 0.3) is 5.56 Å². The topological polar surface area (TPSA) is 79.0 Å². The molecule has 0 aliphatic rings. The molecule has 0 saturated heterocycles. The molecule has 4 aromatic rings. The summed E-state index contributed by atoms with van der Waals surface area (Å²) in [5.74, 6) is 0.253. The Morgan fingerprint density at radius 3 is 2.04 bits per heavy atom. The Morgan fingerprint density at radius 2 is 1.39 bits per heavy atom. The lowest BCUT2D eigenvalue weighted by atomic mass is 10.0. The lowest BCUT2D eigenvalue weighted by molar-refractivity contribution is 0.399. The Morgan fingerprint density at radius 1 is 0.786 bits per heavy atom. The first kappa shape index (κ1) is 17.7. The molecule has 7 nitrogen and oxygen atoms in total. The highest BCUT2D eigenvalue weighted by Gasteiger charge is 2.17. The first-order valence-corrected chi connectivity index (χ1v) is 8.69. The third-order valence-electron chi connectivity index (χ3n) is 4.70. The van der Waals surface area contributed by atoms with Crippen LogP contribution in [0.3, 0.4) is 0 Å². The molecule has 0 spiro atoms. The largest absolute Gasteiger partial charge is 0.479 e. The fourth-order valence-corrected chi connectivity index (χ4v) is 3.13. The maximum absolute atomic E-state index is 12.5. The summed E-state index contributed by atoms with van der Waals surface area (Å²) in [6.07, 6.45) is 0. The Kier molecular flexibility index (Phi) is 4.27. The summed E-state index contributed by atoms with van der Waals surface area (Å²) in [7, 11) is 4.45. The molecule has 140 valence electrons. The number of hydrogen-bond donors (Lipinski definition) is 0. The second-order valence-corrected chi connectivity index (χ2v) is 6.40. The number of aromatic nitrogens is 4. The average molecular weight is 374 g/mol. The molecule has 0 atom stereocenters. The van der Waals surface area contributed by atoms with Crippen LogP contribution in [-0.4, -0.2) is 26.2 Å². The van der Waals surface area contributed by atoms with Gasteiger partial charge in [0.2, 0.25) is 5.88 Å². The van der Waals surface area contributed by atoms with Crippen molar-refractivity contribution in [3.63, 3.8) is 0 Å². The van der Waals surface area contributed by atoms with E-state index in [1.54, 1.807) is 7.05 Å². The van der Waals surface area contributed by atoms with Gasteiger partial charge in [-0.2, -0.15) is 4.98 Å². The quantitative estimate of drug-likeness (QED) is 0.550. The molecule has 28 heavy (non-hydrogen) atoms. The predicted molar refractivity (Wildman–Crippen MR) is 107 cm³/mol. The van der Waals surface area contributed by atoms with Crippen LogP contribution in [0.4, 0.5) is 0 Å². The van der Waals surface area contributed by atoms with Crippen molar-refractivity contribution in [2.45, 2.75) is 0 Å².